The fourth-order valence-electron chi connectivity index (χ4n) is 4.67. The van der Waals surface area contributed by atoms with Crippen LogP contribution in [0.4, 0.5) is 5.69 Å². The Morgan fingerprint density at radius 1 is 0.974 bits per heavy atom. The molecule has 0 aromatic heterocycles. The summed E-state index contributed by atoms with van der Waals surface area (Å²) in [6.45, 7) is 11.6. The number of carboxylic acid groups (broad SMARTS) is 1. The summed E-state index contributed by atoms with van der Waals surface area (Å²) in [5.74, 6) is -0.100. The number of hydrogen-bond acceptors (Lipinski definition) is 4. The smallest absolute Gasteiger partial charge is 0.307 e. The van der Waals surface area contributed by atoms with E-state index < -0.39 is 11.6 Å². The first kappa shape index (κ1) is 28.9. The molecule has 3 aromatic carbocycles. The number of benzene rings is 3. The molecular weight excluding hydrogens is 478 g/mol. The van der Waals surface area contributed by atoms with Gasteiger partial charge in [0, 0.05) is 12.0 Å². The van der Waals surface area contributed by atoms with Crippen LogP contribution in [0.3, 0.4) is 0 Å². The van der Waals surface area contributed by atoms with Gasteiger partial charge in [-0.3, -0.25) is 9.59 Å². The summed E-state index contributed by atoms with van der Waals surface area (Å²) in [6.07, 6.45) is 1.08. The van der Waals surface area contributed by atoms with Gasteiger partial charge in [-0.25, -0.2) is 0 Å². The van der Waals surface area contributed by atoms with Crippen molar-refractivity contribution in [3.8, 4) is 28.0 Å². The topological polar surface area (TPSA) is 87.1 Å². The Labute approximate surface area is 225 Å². The van der Waals surface area contributed by atoms with Crippen LogP contribution in [0.25, 0.3) is 22.3 Å². The van der Waals surface area contributed by atoms with Crippen molar-refractivity contribution in [2.45, 2.75) is 73.0 Å². The number of amides is 1. The Morgan fingerprint density at radius 3 is 2.16 bits per heavy atom. The lowest BCUT2D eigenvalue weighted by Crippen LogP contribution is -2.34. The zero-order valence-corrected chi connectivity index (χ0v) is 23.5. The zero-order chi connectivity index (χ0) is 28.2. The quantitative estimate of drug-likeness (QED) is 0.380. The lowest BCUT2D eigenvalue weighted by atomic mass is 9.84. The first-order chi connectivity index (χ1) is 17.8. The first-order valence-corrected chi connectivity index (χ1v) is 13.0. The van der Waals surface area contributed by atoms with Crippen LogP contribution < -0.4 is 9.64 Å². The lowest BCUT2D eigenvalue weighted by molar-refractivity contribution is -0.136. The maximum absolute atomic E-state index is 13.2. The van der Waals surface area contributed by atoms with Crippen molar-refractivity contribution in [3.63, 3.8) is 0 Å². The van der Waals surface area contributed by atoms with E-state index in [-0.39, 0.29) is 12.3 Å². The van der Waals surface area contributed by atoms with Crippen molar-refractivity contribution < 1.29 is 24.5 Å². The minimum absolute atomic E-state index is 0.0414. The predicted molar refractivity (Wildman–Crippen MR) is 153 cm³/mol. The second kappa shape index (κ2) is 11.8. The van der Waals surface area contributed by atoms with E-state index in [0.717, 1.165) is 62.4 Å². The molecule has 6 nitrogen and oxygen atoms in total. The molecule has 1 heterocycles. The van der Waals surface area contributed by atoms with Gasteiger partial charge in [-0.2, -0.15) is 0 Å². The van der Waals surface area contributed by atoms with E-state index >= 15 is 0 Å². The van der Waals surface area contributed by atoms with Crippen molar-refractivity contribution in [2.75, 3.05) is 12.0 Å². The second-order valence-corrected chi connectivity index (χ2v) is 10.8. The van der Waals surface area contributed by atoms with Gasteiger partial charge in [0.15, 0.2) is 0 Å². The van der Waals surface area contributed by atoms with Gasteiger partial charge in [0.25, 0.3) is 0 Å². The Hall–Kier alpha value is -3.64. The third-order valence-corrected chi connectivity index (χ3v) is 6.33. The molecule has 0 aliphatic carbocycles. The van der Waals surface area contributed by atoms with Gasteiger partial charge >= 0.3 is 5.97 Å². The molecule has 1 aliphatic heterocycles. The summed E-state index contributed by atoms with van der Waals surface area (Å²) in [7, 11) is 1.64. The van der Waals surface area contributed by atoms with E-state index in [9.17, 15) is 14.7 Å². The molecule has 0 unspecified atom stereocenters. The number of ether oxygens (including phenoxy) is 1. The number of aryl methyl sites for hydroxylation is 1. The number of carbonyl (C=O) groups is 2. The normalized spacial score (nSPS) is 12.2. The number of hydrogen-bond donors (Lipinski definition) is 2. The van der Waals surface area contributed by atoms with Crippen LogP contribution in [0.1, 0.15) is 62.8 Å². The van der Waals surface area contributed by atoms with Gasteiger partial charge in [-0.05, 0) is 92.6 Å². The van der Waals surface area contributed by atoms with Crippen molar-refractivity contribution in [1.82, 2.24) is 0 Å². The summed E-state index contributed by atoms with van der Waals surface area (Å²) in [4.78, 5) is 26.8. The largest absolute Gasteiger partial charge is 0.497 e. The molecule has 0 bridgehead atoms. The van der Waals surface area contributed by atoms with Gasteiger partial charge in [-0.1, -0.05) is 42.8 Å². The van der Waals surface area contributed by atoms with Crippen LogP contribution in [0.15, 0.2) is 48.5 Å². The van der Waals surface area contributed by atoms with Crippen LogP contribution in [-0.2, 0) is 22.6 Å². The fourth-order valence-corrected chi connectivity index (χ4v) is 4.67. The van der Waals surface area contributed by atoms with E-state index in [1.54, 1.807) is 27.9 Å². The molecule has 0 spiro atoms. The molecule has 0 fully saturated rings. The molecule has 0 atom stereocenters. The van der Waals surface area contributed by atoms with Crippen LogP contribution >= 0.6 is 0 Å². The van der Waals surface area contributed by atoms with Gasteiger partial charge < -0.3 is 19.8 Å². The predicted octanol–water partition coefficient (Wildman–Crippen LogP) is 6.70. The molecule has 3 aromatic rings. The highest BCUT2D eigenvalue weighted by Crippen LogP contribution is 2.46. The van der Waals surface area contributed by atoms with Crippen molar-refractivity contribution in [3.05, 3.63) is 70.8 Å². The van der Waals surface area contributed by atoms with E-state index in [1.165, 1.54) is 0 Å². The molecule has 0 saturated carbocycles. The van der Waals surface area contributed by atoms with Gasteiger partial charge in [-0.15, -0.1) is 0 Å². The van der Waals surface area contributed by atoms with Gasteiger partial charge in [0.2, 0.25) is 5.91 Å². The van der Waals surface area contributed by atoms with Crippen LogP contribution in [-0.4, -0.2) is 34.8 Å². The molecule has 1 amide bonds. The summed E-state index contributed by atoms with van der Waals surface area (Å²) in [5.41, 5.74) is 7.92. The molecule has 0 radical (unpaired) electrons. The summed E-state index contributed by atoms with van der Waals surface area (Å²) in [6, 6.07) is 16.1. The van der Waals surface area contributed by atoms with Crippen molar-refractivity contribution >= 4 is 17.6 Å². The van der Waals surface area contributed by atoms with Crippen molar-refractivity contribution in [2.24, 2.45) is 0 Å². The SMILES string of the molecule is CC(C)(C)O.CCCC(=O)N1Cc2cc(OC)ccc2-c2cc(-c3ccc(C)cc3)c(CC(=O)O)c(C)c21. The van der Waals surface area contributed by atoms with E-state index in [1.807, 2.05) is 68.1 Å². The molecule has 4 rings (SSSR count). The number of methoxy groups -OCH3 is 1. The molecule has 0 saturated heterocycles. The van der Waals surface area contributed by atoms with Crippen LogP contribution in [0.2, 0.25) is 0 Å². The minimum Gasteiger partial charge on any atom is -0.497 e. The van der Waals surface area contributed by atoms with E-state index in [4.69, 9.17) is 9.84 Å². The number of carboxylic acids is 1. The highest BCUT2D eigenvalue weighted by atomic mass is 16.5. The number of nitrogens with zero attached hydrogens (tertiary/aromatic N) is 1. The standard InChI is InChI=1S/C28H29NO4.C4H10O/c1-5-6-26(30)29-16-20-13-21(33-4)11-12-22(20)25-14-24(19-9-7-17(2)8-10-19)23(15-27(31)32)18(3)28(25)29;1-4(2,3)5/h7-14H,5-6,15-16H2,1-4H3,(H,31,32);5H,1-3H3. The lowest BCUT2D eigenvalue weighted by Gasteiger charge is -2.34. The fraction of sp³-hybridized carbons (Fsp3) is 0.375. The van der Waals surface area contributed by atoms with E-state index in [2.05, 4.69) is 6.07 Å². The maximum atomic E-state index is 13.2. The third-order valence-electron chi connectivity index (χ3n) is 6.33. The summed E-state index contributed by atoms with van der Waals surface area (Å²) in [5, 5.41) is 18.2. The van der Waals surface area contributed by atoms with Gasteiger partial charge in [0.05, 0.1) is 31.4 Å². The summed E-state index contributed by atoms with van der Waals surface area (Å²) < 4.78 is 5.43. The molecule has 2 N–H and O–H groups in total. The Kier molecular flexibility index (Phi) is 9.00. The highest BCUT2D eigenvalue weighted by molar-refractivity contribution is 6.03. The first-order valence-electron chi connectivity index (χ1n) is 13.0. The number of fused-ring (bicyclic) bond motifs is 3. The zero-order valence-electron chi connectivity index (χ0n) is 23.5. The second-order valence-electron chi connectivity index (χ2n) is 10.8. The van der Waals surface area contributed by atoms with Crippen molar-refractivity contribution in [1.29, 1.82) is 0 Å². The number of anilines is 1. The molecule has 6 heteroatoms. The van der Waals surface area contributed by atoms with Gasteiger partial charge in [0.1, 0.15) is 5.75 Å². The average molecular weight is 518 g/mol. The molecule has 202 valence electrons. The Morgan fingerprint density at radius 2 is 1.61 bits per heavy atom. The molecule has 38 heavy (non-hydrogen) atoms. The maximum Gasteiger partial charge on any atom is 0.307 e. The summed E-state index contributed by atoms with van der Waals surface area (Å²) >= 11 is 0. The highest BCUT2D eigenvalue weighted by Gasteiger charge is 2.31. The average Bonchev–Trinajstić information content (AvgIpc) is 2.84. The van der Waals surface area contributed by atoms with E-state index in [0.29, 0.717) is 13.0 Å². The Balaban J connectivity index is 0.000000732. The third kappa shape index (κ3) is 6.81. The minimum atomic E-state index is -0.890. The molecular formula is C32H39NO5. The van der Waals surface area contributed by atoms with Crippen LogP contribution in [0, 0.1) is 13.8 Å². The monoisotopic (exact) mass is 517 g/mol. The van der Waals surface area contributed by atoms with Crippen LogP contribution in [0.5, 0.6) is 5.75 Å². The Bertz CT molecular complexity index is 1310. The molecule has 1 aliphatic rings. The number of carbonyl (C=O) groups excluding carboxylic acids is 1. The number of aliphatic hydroxyl groups is 1. The number of rotatable bonds is 6. The number of aliphatic carboxylic acids is 1.